The Balaban J connectivity index is 1.24. The van der Waals surface area contributed by atoms with Gasteiger partial charge in [-0.1, -0.05) is 33.2 Å². The van der Waals surface area contributed by atoms with Crippen molar-refractivity contribution in [1.29, 1.82) is 0 Å². The van der Waals surface area contributed by atoms with Crippen molar-refractivity contribution >= 4 is 50.2 Å². The highest BCUT2D eigenvalue weighted by Gasteiger charge is 2.72. The molecule has 3 fully saturated rings. The molecule has 7 rings (SSSR count). The number of para-hydroxylation sites is 2. The third-order valence-electron chi connectivity index (χ3n) is 6.84. The van der Waals surface area contributed by atoms with Crippen molar-refractivity contribution < 1.29 is 19.2 Å². The number of hydrogen-bond acceptors (Lipinski definition) is 7. The number of nitrogens with zero attached hydrogens (tertiary/aromatic N) is 4. The topological polar surface area (TPSA) is 94.0 Å². The molecule has 3 saturated heterocycles. The van der Waals surface area contributed by atoms with Crippen molar-refractivity contribution in [2.24, 2.45) is 22.9 Å². The van der Waals surface area contributed by atoms with Crippen LogP contribution in [0.1, 0.15) is 5.69 Å². The fourth-order valence-corrected chi connectivity index (χ4v) is 5.76. The normalized spacial score (nSPS) is 32.3. The van der Waals surface area contributed by atoms with Crippen molar-refractivity contribution in [2.45, 2.75) is 18.3 Å². The highest BCUT2D eigenvalue weighted by Crippen LogP contribution is 2.55. The van der Waals surface area contributed by atoms with Gasteiger partial charge in [-0.3, -0.25) is 14.6 Å². The smallest absolute Gasteiger partial charge is 0.240 e. The second-order valence-corrected chi connectivity index (χ2v) is 9.34. The van der Waals surface area contributed by atoms with Gasteiger partial charge in [-0.2, -0.15) is 0 Å². The average molecular weight is 491 g/mol. The molecule has 6 atom stereocenters. The molecule has 0 saturated carbocycles. The molecule has 8 nitrogen and oxygen atoms in total. The number of anilines is 1. The number of fused-ring (bicyclic) bond motifs is 9. The van der Waals surface area contributed by atoms with E-state index in [2.05, 4.69) is 26.1 Å². The van der Waals surface area contributed by atoms with E-state index < -0.39 is 30.1 Å². The molecular weight excluding hydrogens is 476 g/mol. The fraction of sp³-hybridized carbons (Fsp3) is 0.261. The van der Waals surface area contributed by atoms with E-state index in [0.29, 0.717) is 17.1 Å². The zero-order chi connectivity index (χ0) is 21.6. The summed E-state index contributed by atoms with van der Waals surface area (Å²) < 4.78 is 7.04. The molecule has 32 heavy (non-hydrogen) atoms. The van der Waals surface area contributed by atoms with Gasteiger partial charge in [0.05, 0.1) is 46.8 Å². The number of rotatable bonds is 2. The third-order valence-corrected chi connectivity index (χ3v) is 7.36. The van der Waals surface area contributed by atoms with E-state index in [-0.39, 0.29) is 17.7 Å². The molecule has 158 valence electrons. The summed E-state index contributed by atoms with van der Waals surface area (Å²) in [6.45, 7) is 0. The largest absolute Gasteiger partial charge is 0.389 e. The Morgan fingerprint density at radius 1 is 0.844 bits per heavy atom. The number of hydrogen-bond donors (Lipinski definition) is 0. The molecule has 5 heterocycles. The first-order valence-corrected chi connectivity index (χ1v) is 11.2. The summed E-state index contributed by atoms with van der Waals surface area (Å²) in [7, 11) is 0. The lowest BCUT2D eigenvalue weighted by Gasteiger charge is -2.25. The van der Waals surface area contributed by atoms with Gasteiger partial charge in [-0.15, -0.1) is 0 Å². The first-order chi connectivity index (χ1) is 15.6. The molecule has 9 heteroatoms. The lowest BCUT2D eigenvalue weighted by atomic mass is 9.72. The summed E-state index contributed by atoms with van der Waals surface area (Å²) in [5.74, 6) is -1.86. The predicted molar refractivity (Wildman–Crippen MR) is 117 cm³/mol. The quantitative estimate of drug-likeness (QED) is 0.512. The molecule has 3 aromatic rings. The number of amides is 2. The molecule has 0 aliphatic carbocycles. The monoisotopic (exact) mass is 490 g/mol. The standard InChI is InChI=1S/C23H15BrN4O4/c24-10-5-7-11(8-6-10)28-22(29)15-16(23(28)30)20-21-17(19(15)31-20)18(27-32-21)14-9-25-12-3-1-2-4-13(12)26-14/h1-9,15-17,19-21H. The van der Waals surface area contributed by atoms with Gasteiger partial charge < -0.3 is 9.57 Å². The number of oxime groups is 1. The molecule has 4 aliphatic heterocycles. The number of aromatic nitrogens is 2. The van der Waals surface area contributed by atoms with Crippen LogP contribution >= 0.6 is 15.9 Å². The SMILES string of the molecule is O=C1C2C3OC(C4C(c5cnc6ccccc6n5)=NOC34)C2C(=O)N1c1ccc(Br)cc1. The lowest BCUT2D eigenvalue weighted by molar-refractivity contribution is -0.125. The van der Waals surface area contributed by atoms with Crippen LogP contribution in [0.3, 0.4) is 0 Å². The van der Waals surface area contributed by atoms with Gasteiger partial charge in [0.1, 0.15) is 17.5 Å². The highest BCUT2D eigenvalue weighted by molar-refractivity contribution is 9.10. The number of carbonyl (C=O) groups is 2. The summed E-state index contributed by atoms with van der Waals surface area (Å²) in [5, 5.41) is 4.30. The molecular formula is C23H15BrN4O4. The first kappa shape index (κ1) is 18.4. The van der Waals surface area contributed by atoms with Crippen LogP contribution in [-0.2, 0) is 19.2 Å². The van der Waals surface area contributed by atoms with E-state index in [9.17, 15) is 9.59 Å². The van der Waals surface area contributed by atoms with Crippen LogP contribution in [0.2, 0.25) is 0 Å². The Kier molecular flexibility index (Phi) is 3.70. The van der Waals surface area contributed by atoms with Gasteiger partial charge in [0.15, 0.2) is 6.10 Å². The maximum atomic E-state index is 13.4. The zero-order valence-corrected chi connectivity index (χ0v) is 18.0. The minimum Gasteiger partial charge on any atom is -0.389 e. The van der Waals surface area contributed by atoms with Gasteiger partial charge >= 0.3 is 0 Å². The van der Waals surface area contributed by atoms with E-state index in [1.165, 1.54) is 4.90 Å². The highest BCUT2D eigenvalue weighted by atomic mass is 79.9. The molecule has 0 spiro atoms. The van der Waals surface area contributed by atoms with Gasteiger partial charge in [0, 0.05) is 4.47 Å². The Morgan fingerprint density at radius 3 is 2.34 bits per heavy atom. The molecule has 6 unspecified atom stereocenters. The minimum atomic E-state index is -0.561. The molecule has 1 aromatic heterocycles. The number of ether oxygens (including phenoxy) is 1. The maximum absolute atomic E-state index is 13.4. The van der Waals surface area contributed by atoms with E-state index >= 15 is 0 Å². The number of imide groups is 1. The minimum absolute atomic E-state index is 0.232. The second kappa shape index (κ2) is 6.43. The molecule has 2 amide bonds. The summed E-state index contributed by atoms with van der Waals surface area (Å²) in [6.07, 6.45) is 0.265. The van der Waals surface area contributed by atoms with Crippen LogP contribution in [0, 0.1) is 17.8 Å². The predicted octanol–water partition coefficient (Wildman–Crippen LogP) is 2.70. The fourth-order valence-electron chi connectivity index (χ4n) is 5.49. The van der Waals surface area contributed by atoms with Crippen molar-refractivity contribution in [1.82, 2.24) is 9.97 Å². The molecule has 4 aliphatic rings. The van der Waals surface area contributed by atoms with Crippen molar-refractivity contribution in [3.05, 3.63) is 64.9 Å². The van der Waals surface area contributed by atoms with Crippen LogP contribution in [-0.4, -0.2) is 45.8 Å². The maximum Gasteiger partial charge on any atom is 0.240 e. The summed E-state index contributed by atoms with van der Waals surface area (Å²) in [4.78, 5) is 42.9. The number of carbonyl (C=O) groups excluding carboxylic acids is 2. The van der Waals surface area contributed by atoms with Gasteiger partial charge in [-0.25, -0.2) is 9.88 Å². The first-order valence-electron chi connectivity index (χ1n) is 10.4. The molecule has 0 N–H and O–H groups in total. The van der Waals surface area contributed by atoms with Crippen LogP contribution in [0.15, 0.2) is 64.4 Å². The molecule has 2 aromatic carbocycles. The van der Waals surface area contributed by atoms with Gasteiger partial charge in [0.25, 0.3) is 0 Å². The molecule has 0 radical (unpaired) electrons. The summed E-state index contributed by atoms with van der Waals surface area (Å²) in [6, 6.07) is 14.8. The zero-order valence-electron chi connectivity index (χ0n) is 16.5. The Labute approximate surface area is 190 Å². The van der Waals surface area contributed by atoms with Crippen LogP contribution in [0.4, 0.5) is 5.69 Å². The van der Waals surface area contributed by atoms with Crippen LogP contribution in [0.5, 0.6) is 0 Å². The Bertz CT molecular complexity index is 1340. The lowest BCUT2D eigenvalue weighted by Crippen LogP contribution is -2.45. The van der Waals surface area contributed by atoms with E-state index in [4.69, 9.17) is 14.6 Å². The van der Waals surface area contributed by atoms with Crippen molar-refractivity contribution in [2.75, 3.05) is 4.90 Å². The number of halogens is 1. The van der Waals surface area contributed by atoms with Crippen LogP contribution < -0.4 is 4.90 Å². The van der Waals surface area contributed by atoms with Crippen molar-refractivity contribution in [3.63, 3.8) is 0 Å². The van der Waals surface area contributed by atoms with E-state index in [1.54, 1.807) is 18.3 Å². The number of benzene rings is 2. The van der Waals surface area contributed by atoms with E-state index in [0.717, 1.165) is 15.5 Å². The summed E-state index contributed by atoms with van der Waals surface area (Å²) in [5.41, 5.74) is 3.34. The third kappa shape index (κ3) is 2.32. The Hall–Kier alpha value is -3.17. The van der Waals surface area contributed by atoms with Gasteiger partial charge in [-0.05, 0) is 36.4 Å². The van der Waals surface area contributed by atoms with Gasteiger partial charge in [0.2, 0.25) is 11.8 Å². The summed E-state index contributed by atoms with van der Waals surface area (Å²) >= 11 is 3.39. The second-order valence-electron chi connectivity index (χ2n) is 8.42. The van der Waals surface area contributed by atoms with Crippen molar-refractivity contribution in [3.8, 4) is 0 Å². The van der Waals surface area contributed by atoms with Crippen LogP contribution in [0.25, 0.3) is 11.0 Å². The average Bonchev–Trinajstić information content (AvgIpc) is 3.55. The van der Waals surface area contributed by atoms with E-state index in [1.807, 2.05) is 36.4 Å². The Morgan fingerprint density at radius 2 is 1.56 bits per heavy atom. The molecule has 2 bridgehead atoms.